The summed E-state index contributed by atoms with van der Waals surface area (Å²) in [5.74, 6) is 0.563. The number of carbonyl (C=O) groups is 1. The van der Waals surface area contributed by atoms with Crippen LogP contribution in [-0.2, 0) is 9.47 Å². The Morgan fingerprint density at radius 1 is 1.52 bits per heavy atom. The van der Waals surface area contributed by atoms with Crippen LogP contribution in [0.4, 0.5) is 0 Å². The normalized spacial score (nSPS) is 23.3. The summed E-state index contributed by atoms with van der Waals surface area (Å²) in [5, 5.41) is 0. The number of aryl methyl sites for hydroxylation is 1. The van der Waals surface area contributed by atoms with Crippen LogP contribution < -0.4 is 0 Å². The van der Waals surface area contributed by atoms with Gasteiger partial charge in [-0.25, -0.2) is 4.98 Å². The fraction of sp³-hybridized carbons (Fsp3) is 0.625. The third-order valence-electron chi connectivity index (χ3n) is 4.37. The Bertz CT molecular complexity index is 526. The first-order valence-corrected chi connectivity index (χ1v) is 7.48. The van der Waals surface area contributed by atoms with Crippen LogP contribution in [0.25, 0.3) is 0 Å². The summed E-state index contributed by atoms with van der Waals surface area (Å²) in [6.07, 6.45) is 2.06. The average molecular weight is 290 g/mol. The van der Waals surface area contributed by atoms with E-state index >= 15 is 0 Å². The standard InChI is InChI=1S/C16H22N2O3/c1-12-4-3-5-14(17-12)15(19)18-10-16(11-18)8-13(9-21-16)6-7-20-2/h3-5,13H,6-11H2,1-2H3. The van der Waals surface area contributed by atoms with E-state index in [1.165, 1.54) is 0 Å². The summed E-state index contributed by atoms with van der Waals surface area (Å²) in [5.41, 5.74) is 1.28. The molecule has 21 heavy (non-hydrogen) atoms. The molecule has 0 radical (unpaired) electrons. The highest BCUT2D eigenvalue weighted by molar-refractivity contribution is 5.93. The third-order valence-corrected chi connectivity index (χ3v) is 4.37. The van der Waals surface area contributed by atoms with Gasteiger partial charge in [-0.3, -0.25) is 4.79 Å². The smallest absolute Gasteiger partial charge is 0.272 e. The number of likely N-dealkylation sites (tertiary alicyclic amines) is 1. The minimum Gasteiger partial charge on any atom is -0.385 e. The first-order valence-electron chi connectivity index (χ1n) is 7.48. The summed E-state index contributed by atoms with van der Waals surface area (Å²) >= 11 is 0. The Kier molecular flexibility index (Phi) is 3.95. The van der Waals surface area contributed by atoms with Gasteiger partial charge in [-0.1, -0.05) is 6.07 Å². The lowest BCUT2D eigenvalue weighted by Crippen LogP contribution is -2.63. The van der Waals surface area contributed by atoms with Crippen molar-refractivity contribution in [2.45, 2.75) is 25.4 Å². The van der Waals surface area contributed by atoms with Crippen molar-refractivity contribution >= 4 is 5.91 Å². The minimum absolute atomic E-state index is 0.00765. The zero-order valence-corrected chi connectivity index (χ0v) is 12.7. The summed E-state index contributed by atoms with van der Waals surface area (Å²) in [6.45, 7) is 4.83. The highest BCUT2D eigenvalue weighted by Crippen LogP contribution is 2.39. The zero-order valence-electron chi connectivity index (χ0n) is 12.7. The number of hydrogen-bond acceptors (Lipinski definition) is 4. The molecule has 2 fully saturated rings. The highest BCUT2D eigenvalue weighted by atomic mass is 16.5. The van der Waals surface area contributed by atoms with Gasteiger partial charge in [-0.2, -0.15) is 0 Å². The second-order valence-electron chi connectivity index (χ2n) is 6.17. The first-order chi connectivity index (χ1) is 10.1. The molecule has 0 aromatic carbocycles. The summed E-state index contributed by atoms with van der Waals surface area (Å²) in [7, 11) is 1.73. The molecule has 3 heterocycles. The molecule has 1 unspecified atom stereocenters. The fourth-order valence-electron chi connectivity index (χ4n) is 3.25. The molecule has 114 valence electrons. The van der Waals surface area contributed by atoms with Crippen molar-refractivity contribution in [3.63, 3.8) is 0 Å². The molecule has 0 aliphatic carbocycles. The number of carbonyl (C=O) groups excluding carboxylic acids is 1. The molecule has 0 saturated carbocycles. The van der Waals surface area contributed by atoms with Crippen molar-refractivity contribution < 1.29 is 14.3 Å². The van der Waals surface area contributed by atoms with Crippen LogP contribution in [0.5, 0.6) is 0 Å². The van der Waals surface area contributed by atoms with E-state index in [0.29, 0.717) is 24.7 Å². The molecule has 1 aromatic rings. The third kappa shape index (κ3) is 2.94. The van der Waals surface area contributed by atoms with E-state index in [9.17, 15) is 4.79 Å². The van der Waals surface area contributed by atoms with E-state index in [2.05, 4.69) is 4.98 Å². The van der Waals surface area contributed by atoms with Gasteiger partial charge in [0.2, 0.25) is 0 Å². The van der Waals surface area contributed by atoms with Gasteiger partial charge in [0.05, 0.1) is 19.7 Å². The van der Waals surface area contributed by atoms with Crippen LogP contribution in [0.1, 0.15) is 29.0 Å². The number of nitrogens with zero attached hydrogens (tertiary/aromatic N) is 2. The predicted octanol–water partition coefficient (Wildman–Crippen LogP) is 1.66. The number of methoxy groups -OCH3 is 1. The topological polar surface area (TPSA) is 51.7 Å². The SMILES string of the molecule is COCCC1COC2(C1)CN(C(=O)c1cccc(C)n1)C2. The molecule has 0 bridgehead atoms. The van der Waals surface area contributed by atoms with Gasteiger partial charge in [-0.05, 0) is 37.8 Å². The molecule has 5 nitrogen and oxygen atoms in total. The van der Waals surface area contributed by atoms with Crippen molar-refractivity contribution in [3.8, 4) is 0 Å². The van der Waals surface area contributed by atoms with E-state index in [4.69, 9.17) is 9.47 Å². The molecule has 2 saturated heterocycles. The zero-order chi connectivity index (χ0) is 14.9. The first kappa shape index (κ1) is 14.5. The summed E-state index contributed by atoms with van der Waals surface area (Å²) in [4.78, 5) is 18.5. The lowest BCUT2D eigenvalue weighted by molar-refractivity contribution is -0.0952. The largest absolute Gasteiger partial charge is 0.385 e. The maximum atomic E-state index is 12.4. The summed E-state index contributed by atoms with van der Waals surface area (Å²) < 4.78 is 11.1. The Hall–Kier alpha value is -1.46. The van der Waals surface area contributed by atoms with Crippen molar-refractivity contribution in [1.82, 2.24) is 9.88 Å². The minimum atomic E-state index is -0.113. The van der Waals surface area contributed by atoms with Gasteiger partial charge in [0.15, 0.2) is 0 Å². The molecule has 1 amide bonds. The van der Waals surface area contributed by atoms with Crippen molar-refractivity contribution in [2.24, 2.45) is 5.92 Å². The molecule has 2 aliphatic heterocycles. The lowest BCUT2D eigenvalue weighted by Gasteiger charge is -2.47. The van der Waals surface area contributed by atoms with Crippen molar-refractivity contribution in [2.75, 3.05) is 33.4 Å². The van der Waals surface area contributed by atoms with Gasteiger partial charge in [0.1, 0.15) is 11.3 Å². The van der Waals surface area contributed by atoms with Crippen molar-refractivity contribution in [1.29, 1.82) is 0 Å². The quantitative estimate of drug-likeness (QED) is 0.846. The summed E-state index contributed by atoms with van der Waals surface area (Å²) in [6, 6.07) is 5.55. The van der Waals surface area contributed by atoms with Crippen LogP contribution in [0.15, 0.2) is 18.2 Å². The lowest BCUT2D eigenvalue weighted by atomic mass is 9.86. The van der Waals surface area contributed by atoms with Gasteiger partial charge in [0, 0.05) is 19.4 Å². The Labute approximate surface area is 125 Å². The van der Waals surface area contributed by atoms with E-state index in [-0.39, 0.29) is 11.5 Å². The van der Waals surface area contributed by atoms with Crippen LogP contribution in [0.2, 0.25) is 0 Å². The van der Waals surface area contributed by atoms with Crippen LogP contribution in [0, 0.1) is 12.8 Å². The van der Waals surface area contributed by atoms with Crippen molar-refractivity contribution in [3.05, 3.63) is 29.6 Å². The molecular weight excluding hydrogens is 268 g/mol. The number of ether oxygens (including phenoxy) is 2. The molecule has 1 spiro atoms. The molecule has 0 N–H and O–H groups in total. The molecule has 5 heteroatoms. The van der Waals surface area contributed by atoms with Crippen LogP contribution in [-0.4, -0.2) is 54.8 Å². The van der Waals surface area contributed by atoms with E-state index in [1.807, 2.05) is 24.0 Å². The van der Waals surface area contributed by atoms with E-state index < -0.39 is 0 Å². The maximum Gasteiger partial charge on any atom is 0.272 e. The molecular formula is C16H22N2O3. The maximum absolute atomic E-state index is 12.4. The predicted molar refractivity (Wildman–Crippen MR) is 78.2 cm³/mol. The number of pyridine rings is 1. The highest BCUT2D eigenvalue weighted by Gasteiger charge is 2.51. The van der Waals surface area contributed by atoms with E-state index in [1.54, 1.807) is 13.2 Å². The molecule has 3 rings (SSSR count). The molecule has 1 atom stereocenters. The number of rotatable bonds is 4. The van der Waals surface area contributed by atoms with Gasteiger partial charge >= 0.3 is 0 Å². The monoisotopic (exact) mass is 290 g/mol. The fourth-order valence-corrected chi connectivity index (χ4v) is 3.25. The van der Waals surface area contributed by atoms with Crippen LogP contribution >= 0.6 is 0 Å². The molecule has 2 aliphatic rings. The van der Waals surface area contributed by atoms with Gasteiger partial charge in [0.25, 0.3) is 5.91 Å². The number of amides is 1. The number of aromatic nitrogens is 1. The Morgan fingerprint density at radius 3 is 3.05 bits per heavy atom. The molecule has 1 aromatic heterocycles. The Morgan fingerprint density at radius 2 is 2.33 bits per heavy atom. The van der Waals surface area contributed by atoms with Gasteiger partial charge in [-0.15, -0.1) is 0 Å². The average Bonchev–Trinajstić information content (AvgIpc) is 2.87. The number of hydrogen-bond donors (Lipinski definition) is 0. The second-order valence-corrected chi connectivity index (χ2v) is 6.17. The van der Waals surface area contributed by atoms with Gasteiger partial charge < -0.3 is 14.4 Å². The Balaban J connectivity index is 1.55. The van der Waals surface area contributed by atoms with Crippen LogP contribution in [0.3, 0.4) is 0 Å². The second kappa shape index (κ2) is 5.73. The van der Waals surface area contributed by atoms with E-state index in [0.717, 1.165) is 31.7 Å².